The quantitative estimate of drug-likeness (QED) is 0.590. The standard InChI is InChI=1S/C19H35NO/c1-15(2)10-9-11-17(5)12-13-20(14-16(3)4)18(21)19(6,7)8/h10,12,16H,9,11,13-14H2,1-8H3. The van der Waals surface area contributed by atoms with Crippen LogP contribution < -0.4 is 0 Å². The largest absolute Gasteiger partial charge is 0.338 e. The second-order valence-electron chi connectivity index (χ2n) is 7.72. The molecule has 21 heavy (non-hydrogen) atoms. The Morgan fingerprint density at radius 1 is 1.10 bits per heavy atom. The van der Waals surface area contributed by atoms with Crippen molar-refractivity contribution in [3.63, 3.8) is 0 Å². The molecule has 2 nitrogen and oxygen atoms in total. The smallest absolute Gasteiger partial charge is 0.228 e. The van der Waals surface area contributed by atoms with Gasteiger partial charge in [0.05, 0.1) is 0 Å². The van der Waals surface area contributed by atoms with E-state index in [1.165, 1.54) is 11.1 Å². The van der Waals surface area contributed by atoms with Crippen LogP contribution in [0.15, 0.2) is 23.3 Å². The monoisotopic (exact) mass is 293 g/mol. The summed E-state index contributed by atoms with van der Waals surface area (Å²) in [6.07, 6.45) is 6.64. The molecular weight excluding hydrogens is 258 g/mol. The molecule has 0 aliphatic heterocycles. The Hall–Kier alpha value is -1.05. The average Bonchev–Trinajstić information content (AvgIpc) is 2.31. The Bertz CT molecular complexity index is 379. The topological polar surface area (TPSA) is 20.3 Å². The lowest BCUT2D eigenvalue weighted by atomic mass is 9.94. The van der Waals surface area contributed by atoms with Gasteiger partial charge in [0.15, 0.2) is 0 Å². The summed E-state index contributed by atoms with van der Waals surface area (Å²) in [4.78, 5) is 14.5. The number of amides is 1. The molecule has 0 spiro atoms. The van der Waals surface area contributed by atoms with Crippen molar-refractivity contribution in [2.75, 3.05) is 13.1 Å². The molecule has 0 bridgehead atoms. The van der Waals surface area contributed by atoms with Crippen LogP contribution in [0.5, 0.6) is 0 Å². The van der Waals surface area contributed by atoms with Crippen LogP contribution in [0.3, 0.4) is 0 Å². The van der Waals surface area contributed by atoms with Gasteiger partial charge in [-0.25, -0.2) is 0 Å². The van der Waals surface area contributed by atoms with E-state index >= 15 is 0 Å². The first-order valence-corrected chi connectivity index (χ1v) is 8.12. The molecule has 0 aromatic heterocycles. The van der Waals surface area contributed by atoms with Crippen LogP contribution in [0.25, 0.3) is 0 Å². The van der Waals surface area contributed by atoms with Crippen molar-refractivity contribution in [2.45, 2.75) is 68.2 Å². The fourth-order valence-electron chi connectivity index (χ4n) is 2.11. The highest BCUT2D eigenvalue weighted by atomic mass is 16.2. The first-order valence-electron chi connectivity index (χ1n) is 8.12. The number of carbonyl (C=O) groups excluding carboxylic acids is 1. The van der Waals surface area contributed by atoms with Crippen LogP contribution in [0.1, 0.15) is 68.2 Å². The molecule has 122 valence electrons. The van der Waals surface area contributed by atoms with E-state index in [4.69, 9.17) is 0 Å². The van der Waals surface area contributed by atoms with Crippen molar-refractivity contribution in [3.8, 4) is 0 Å². The van der Waals surface area contributed by atoms with Crippen molar-refractivity contribution in [3.05, 3.63) is 23.3 Å². The van der Waals surface area contributed by atoms with Crippen LogP contribution >= 0.6 is 0 Å². The minimum atomic E-state index is -0.307. The first-order chi connectivity index (χ1) is 9.54. The Morgan fingerprint density at radius 2 is 1.67 bits per heavy atom. The second kappa shape index (κ2) is 9.07. The third kappa shape index (κ3) is 9.49. The van der Waals surface area contributed by atoms with Gasteiger partial charge in [-0.15, -0.1) is 0 Å². The number of hydrogen-bond acceptors (Lipinski definition) is 1. The Kier molecular flexibility index (Phi) is 8.61. The van der Waals surface area contributed by atoms with Gasteiger partial charge in [-0.1, -0.05) is 57.9 Å². The van der Waals surface area contributed by atoms with Gasteiger partial charge in [-0.05, 0) is 39.5 Å². The van der Waals surface area contributed by atoms with Gasteiger partial charge in [0.2, 0.25) is 5.91 Å². The Balaban J connectivity index is 4.68. The van der Waals surface area contributed by atoms with Gasteiger partial charge in [0.1, 0.15) is 0 Å². The molecular formula is C19H35NO. The van der Waals surface area contributed by atoms with Gasteiger partial charge >= 0.3 is 0 Å². The van der Waals surface area contributed by atoms with E-state index in [1.54, 1.807) is 0 Å². The molecule has 0 aromatic rings. The van der Waals surface area contributed by atoms with Gasteiger partial charge in [0.25, 0.3) is 0 Å². The summed E-state index contributed by atoms with van der Waals surface area (Å²) in [6.45, 7) is 18.3. The maximum absolute atomic E-state index is 12.5. The molecule has 0 rings (SSSR count). The van der Waals surface area contributed by atoms with Crippen molar-refractivity contribution in [1.29, 1.82) is 0 Å². The fourth-order valence-corrected chi connectivity index (χ4v) is 2.11. The van der Waals surface area contributed by atoms with E-state index in [0.717, 1.165) is 25.9 Å². The van der Waals surface area contributed by atoms with E-state index in [9.17, 15) is 4.79 Å². The molecule has 2 heteroatoms. The van der Waals surface area contributed by atoms with Crippen molar-refractivity contribution >= 4 is 5.91 Å². The Morgan fingerprint density at radius 3 is 2.10 bits per heavy atom. The van der Waals surface area contributed by atoms with E-state index in [1.807, 2.05) is 25.7 Å². The number of rotatable bonds is 7. The van der Waals surface area contributed by atoms with Crippen LogP contribution in [0, 0.1) is 11.3 Å². The van der Waals surface area contributed by atoms with Gasteiger partial charge in [-0.2, -0.15) is 0 Å². The lowest BCUT2D eigenvalue weighted by Gasteiger charge is -2.30. The normalized spacial score (nSPS) is 12.5. The minimum absolute atomic E-state index is 0.240. The zero-order chi connectivity index (χ0) is 16.6. The molecule has 0 radical (unpaired) electrons. The summed E-state index contributed by atoms with van der Waals surface area (Å²) < 4.78 is 0. The van der Waals surface area contributed by atoms with Gasteiger partial charge < -0.3 is 4.90 Å². The van der Waals surface area contributed by atoms with Crippen LogP contribution in [-0.4, -0.2) is 23.9 Å². The summed E-state index contributed by atoms with van der Waals surface area (Å²) in [5, 5.41) is 0. The van der Waals surface area contributed by atoms with E-state index in [-0.39, 0.29) is 11.3 Å². The summed E-state index contributed by atoms with van der Waals surface area (Å²) in [5.41, 5.74) is 2.42. The highest BCUT2D eigenvalue weighted by Gasteiger charge is 2.26. The Labute approximate surface area is 132 Å². The first kappa shape index (κ1) is 19.9. The lowest BCUT2D eigenvalue weighted by Crippen LogP contribution is -2.41. The van der Waals surface area contributed by atoms with E-state index in [0.29, 0.717) is 5.92 Å². The summed E-state index contributed by atoms with van der Waals surface area (Å²) >= 11 is 0. The number of hydrogen-bond donors (Lipinski definition) is 0. The number of nitrogens with zero attached hydrogens (tertiary/aromatic N) is 1. The van der Waals surface area contributed by atoms with Crippen molar-refractivity contribution in [1.82, 2.24) is 4.90 Å². The zero-order valence-electron chi connectivity index (χ0n) is 15.4. The predicted octanol–water partition coefficient (Wildman–Crippen LogP) is 5.21. The molecule has 0 saturated carbocycles. The molecule has 0 fully saturated rings. The molecule has 0 unspecified atom stereocenters. The number of allylic oxidation sites excluding steroid dienone is 3. The fraction of sp³-hybridized carbons (Fsp3) is 0.737. The number of carbonyl (C=O) groups is 1. The van der Waals surface area contributed by atoms with Gasteiger partial charge in [0, 0.05) is 18.5 Å². The minimum Gasteiger partial charge on any atom is -0.338 e. The SMILES string of the molecule is CC(C)=CCCC(C)=CCN(CC(C)C)C(=O)C(C)(C)C. The van der Waals surface area contributed by atoms with Crippen LogP contribution in [0.2, 0.25) is 0 Å². The average molecular weight is 293 g/mol. The highest BCUT2D eigenvalue weighted by molar-refractivity contribution is 5.81. The maximum Gasteiger partial charge on any atom is 0.228 e. The van der Waals surface area contributed by atoms with Gasteiger partial charge in [-0.3, -0.25) is 4.79 Å². The zero-order valence-corrected chi connectivity index (χ0v) is 15.4. The third-order valence-corrected chi connectivity index (χ3v) is 3.27. The maximum atomic E-state index is 12.5. The third-order valence-electron chi connectivity index (χ3n) is 3.27. The molecule has 0 atom stereocenters. The van der Waals surface area contributed by atoms with E-state index in [2.05, 4.69) is 46.8 Å². The predicted molar refractivity (Wildman–Crippen MR) is 93.3 cm³/mol. The molecule has 0 heterocycles. The van der Waals surface area contributed by atoms with Crippen molar-refractivity contribution in [2.24, 2.45) is 11.3 Å². The molecule has 1 amide bonds. The molecule has 0 N–H and O–H groups in total. The molecule has 0 aliphatic rings. The van der Waals surface area contributed by atoms with Crippen LogP contribution in [-0.2, 0) is 4.79 Å². The summed E-state index contributed by atoms with van der Waals surface area (Å²) in [5.74, 6) is 0.736. The summed E-state index contributed by atoms with van der Waals surface area (Å²) in [6, 6.07) is 0. The lowest BCUT2D eigenvalue weighted by molar-refractivity contribution is -0.139. The van der Waals surface area contributed by atoms with E-state index < -0.39 is 0 Å². The molecule has 0 saturated heterocycles. The summed E-state index contributed by atoms with van der Waals surface area (Å²) in [7, 11) is 0. The van der Waals surface area contributed by atoms with Crippen LogP contribution in [0.4, 0.5) is 0 Å². The molecule has 0 aliphatic carbocycles. The second-order valence-corrected chi connectivity index (χ2v) is 7.72. The van der Waals surface area contributed by atoms with Crippen molar-refractivity contribution < 1.29 is 4.79 Å². The molecule has 0 aromatic carbocycles. The highest BCUT2D eigenvalue weighted by Crippen LogP contribution is 2.19.